The molecule has 2 aromatic carbocycles. The van der Waals surface area contributed by atoms with Crippen molar-refractivity contribution in [2.75, 3.05) is 11.4 Å². The van der Waals surface area contributed by atoms with Gasteiger partial charge < -0.3 is 10.0 Å². The van der Waals surface area contributed by atoms with Crippen molar-refractivity contribution in [1.29, 1.82) is 0 Å². The van der Waals surface area contributed by atoms with Gasteiger partial charge in [-0.2, -0.15) is 0 Å². The monoisotopic (exact) mass is 267 g/mol. The van der Waals surface area contributed by atoms with E-state index in [9.17, 15) is 4.79 Å². The standard InChI is InChI=1S/C17H17NO2/c19-12-13-7-9-15(10-8-13)17(20)18-11-3-5-14-4-1-2-6-16(14)18/h1-2,4,6-10,19H,3,5,11-12H2. The van der Waals surface area contributed by atoms with E-state index in [1.165, 1.54) is 5.56 Å². The third-order valence-corrected chi connectivity index (χ3v) is 3.74. The van der Waals surface area contributed by atoms with Crippen LogP contribution in [-0.2, 0) is 13.0 Å². The van der Waals surface area contributed by atoms with Crippen LogP contribution in [0.3, 0.4) is 0 Å². The Kier molecular flexibility index (Phi) is 3.52. The molecule has 3 heteroatoms. The fraction of sp³-hybridized carbons (Fsp3) is 0.235. The zero-order chi connectivity index (χ0) is 13.9. The fourth-order valence-electron chi connectivity index (χ4n) is 2.65. The quantitative estimate of drug-likeness (QED) is 0.909. The van der Waals surface area contributed by atoms with Crippen LogP contribution in [0, 0.1) is 0 Å². The van der Waals surface area contributed by atoms with Crippen LogP contribution in [0.4, 0.5) is 5.69 Å². The van der Waals surface area contributed by atoms with Gasteiger partial charge >= 0.3 is 0 Å². The van der Waals surface area contributed by atoms with Crippen LogP contribution in [0.5, 0.6) is 0 Å². The van der Waals surface area contributed by atoms with E-state index in [0.29, 0.717) is 5.56 Å². The number of aliphatic hydroxyl groups is 1. The van der Waals surface area contributed by atoms with E-state index in [1.807, 2.05) is 23.1 Å². The van der Waals surface area contributed by atoms with Gasteiger partial charge in [0.25, 0.3) is 5.91 Å². The Bertz CT molecular complexity index is 619. The van der Waals surface area contributed by atoms with Crippen LogP contribution in [0.1, 0.15) is 27.9 Å². The number of fused-ring (bicyclic) bond motifs is 1. The molecule has 0 bridgehead atoms. The number of para-hydroxylation sites is 1. The molecule has 1 aliphatic rings. The number of nitrogens with zero attached hydrogens (tertiary/aromatic N) is 1. The molecule has 0 saturated carbocycles. The lowest BCUT2D eigenvalue weighted by Crippen LogP contribution is -2.35. The van der Waals surface area contributed by atoms with E-state index >= 15 is 0 Å². The number of aliphatic hydroxyl groups excluding tert-OH is 1. The van der Waals surface area contributed by atoms with Gasteiger partial charge in [0.1, 0.15) is 0 Å². The van der Waals surface area contributed by atoms with Gasteiger partial charge in [-0.1, -0.05) is 30.3 Å². The molecule has 0 aliphatic carbocycles. The maximum atomic E-state index is 12.6. The molecule has 0 fully saturated rings. The lowest BCUT2D eigenvalue weighted by atomic mass is 10.0. The Hall–Kier alpha value is -2.13. The molecule has 2 aromatic rings. The molecule has 1 heterocycles. The highest BCUT2D eigenvalue weighted by atomic mass is 16.3. The molecule has 3 rings (SSSR count). The van der Waals surface area contributed by atoms with Crippen LogP contribution in [-0.4, -0.2) is 17.6 Å². The van der Waals surface area contributed by atoms with Crippen LogP contribution in [0.15, 0.2) is 48.5 Å². The first-order chi connectivity index (χ1) is 9.79. The van der Waals surface area contributed by atoms with E-state index in [0.717, 1.165) is 30.6 Å². The molecule has 0 spiro atoms. The molecule has 1 aliphatic heterocycles. The van der Waals surface area contributed by atoms with Crippen LogP contribution >= 0.6 is 0 Å². The number of carbonyl (C=O) groups excluding carboxylic acids is 1. The third-order valence-electron chi connectivity index (χ3n) is 3.74. The van der Waals surface area contributed by atoms with Crippen molar-refractivity contribution in [3.8, 4) is 0 Å². The average molecular weight is 267 g/mol. The van der Waals surface area contributed by atoms with Crippen LogP contribution in [0.2, 0.25) is 0 Å². The molecule has 3 nitrogen and oxygen atoms in total. The summed E-state index contributed by atoms with van der Waals surface area (Å²) in [5.41, 5.74) is 3.74. The van der Waals surface area contributed by atoms with E-state index in [-0.39, 0.29) is 12.5 Å². The molecule has 20 heavy (non-hydrogen) atoms. The minimum absolute atomic E-state index is 0.00101. The number of hydrogen-bond acceptors (Lipinski definition) is 2. The second-order valence-electron chi connectivity index (χ2n) is 5.04. The molecule has 1 N–H and O–H groups in total. The SMILES string of the molecule is O=C(c1ccc(CO)cc1)N1CCCc2ccccc21. The second kappa shape index (κ2) is 5.47. The summed E-state index contributed by atoms with van der Waals surface area (Å²) in [5, 5.41) is 9.05. The normalized spacial score (nSPS) is 13.9. The molecule has 1 amide bonds. The molecule has 0 aromatic heterocycles. The number of hydrogen-bond donors (Lipinski definition) is 1. The van der Waals surface area contributed by atoms with Gasteiger partial charge in [0.15, 0.2) is 0 Å². The van der Waals surface area contributed by atoms with Crippen molar-refractivity contribution < 1.29 is 9.90 Å². The maximum absolute atomic E-state index is 12.6. The minimum Gasteiger partial charge on any atom is -0.392 e. The number of anilines is 1. The van der Waals surface area contributed by atoms with E-state index in [4.69, 9.17) is 5.11 Å². The molecule has 0 atom stereocenters. The highest BCUT2D eigenvalue weighted by Gasteiger charge is 2.22. The third kappa shape index (κ3) is 2.32. The summed E-state index contributed by atoms with van der Waals surface area (Å²) in [7, 11) is 0. The Morgan fingerprint density at radius 3 is 2.60 bits per heavy atom. The molecule has 102 valence electrons. The number of benzene rings is 2. The maximum Gasteiger partial charge on any atom is 0.258 e. The lowest BCUT2D eigenvalue weighted by Gasteiger charge is -2.29. The second-order valence-corrected chi connectivity index (χ2v) is 5.04. The minimum atomic E-state index is 0.00101. The van der Waals surface area contributed by atoms with E-state index in [2.05, 4.69) is 6.07 Å². The largest absolute Gasteiger partial charge is 0.392 e. The average Bonchev–Trinajstić information content (AvgIpc) is 2.54. The number of rotatable bonds is 2. The summed E-state index contributed by atoms with van der Waals surface area (Å²) in [6.07, 6.45) is 2.03. The van der Waals surface area contributed by atoms with Gasteiger partial charge in [-0.3, -0.25) is 4.79 Å². The van der Waals surface area contributed by atoms with Gasteiger partial charge in [-0.25, -0.2) is 0 Å². The first-order valence-electron chi connectivity index (χ1n) is 6.89. The first kappa shape index (κ1) is 12.9. The van der Waals surface area contributed by atoms with Crippen molar-refractivity contribution >= 4 is 11.6 Å². The van der Waals surface area contributed by atoms with Gasteiger partial charge in [0.2, 0.25) is 0 Å². The summed E-state index contributed by atoms with van der Waals surface area (Å²) in [4.78, 5) is 14.5. The van der Waals surface area contributed by atoms with Crippen molar-refractivity contribution in [2.45, 2.75) is 19.4 Å². The molecular formula is C17H17NO2. The molecule has 0 unspecified atom stereocenters. The van der Waals surface area contributed by atoms with Gasteiger partial charge in [0, 0.05) is 17.8 Å². The highest BCUT2D eigenvalue weighted by Crippen LogP contribution is 2.28. The summed E-state index contributed by atoms with van der Waals surface area (Å²) in [6, 6.07) is 15.2. The smallest absolute Gasteiger partial charge is 0.258 e. The topological polar surface area (TPSA) is 40.5 Å². The van der Waals surface area contributed by atoms with Crippen molar-refractivity contribution in [2.24, 2.45) is 0 Å². The van der Waals surface area contributed by atoms with Gasteiger partial charge in [-0.05, 0) is 42.2 Å². The fourth-order valence-corrected chi connectivity index (χ4v) is 2.65. The van der Waals surface area contributed by atoms with Crippen molar-refractivity contribution in [1.82, 2.24) is 0 Å². The number of amides is 1. The molecule has 0 radical (unpaired) electrons. The first-order valence-corrected chi connectivity index (χ1v) is 6.89. The molecular weight excluding hydrogens is 250 g/mol. The van der Waals surface area contributed by atoms with Gasteiger partial charge in [0.05, 0.1) is 6.61 Å². The Labute approximate surface area is 118 Å². The lowest BCUT2D eigenvalue weighted by molar-refractivity contribution is 0.0985. The number of aryl methyl sites for hydroxylation is 1. The van der Waals surface area contributed by atoms with Crippen molar-refractivity contribution in [3.63, 3.8) is 0 Å². The number of carbonyl (C=O) groups is 1. The Morgan fingerprint density at radius 2 is 1.85 bits per heavy atom. The summed E-state index contributed by atoms with van der Waals surface area (Å²) >= 11 is 0. The Morgan fingerprint density at radius 1 is 1.10 bits per heavy atom. The zero-order valence-corrected chi connectivity index (χ0v) is 11.2. The zero-order valence-electron chi connectivity index (χ0n) is 11.2. The summed E-state index contributed by atoms with van der Waals surface area (Å²) < 4.78 is 0. The predicted octanol–water partition coefficient (Wildman–Crippen LogP) is 2.77. The summed E-state index contributed by atoms with van der Waals surface area (Å²) in [6.45, 7) is 0.763. The molecule has 0 saturated heterocycles. The van der Waals surface area contributed by atoms with E-state index in [1.54, 1.807) is 24.3 Å². The van der Waals surface area contributed by atoms with Crippen LogP contribution in [0.25, 0.3) is 0 Å². The van der Waals surface area contributed by atoms with Crippen LogP contribution < -0.4 is 4.90 Å². The predicted molar refractivity (Wildman–Crippen MR) is 78.8 cm³/mol. The van der Waals surface area contributed by atoms with E-state index < -0.39 is 0 Å². The highest BCUT2D eigenvalue weighted by molar-refractivity contribution is 6.06. The summed E-state index contributed by atoms with van der Waals surface area (Å²) in [5.74, 6) is 0.0293. The van der Waals surface area contributed by atoms with Crippen molar-refractivity contribution in [3.05, 3.63) is 65.2 Å². The Balaban J connectivity index is 1.91. The van der Waals surface area contributed by atoms with Gasteiger partial charge in [-0.15, -0.1) is 0 Å².